The maximum Gasteiger partial charge on any atom is 0.226 e. The number of imidazole rings is 1. The van der Waals surface area contributed by atoms with Gasteiger partial charge in [0, 0.05) is 35.8 Å². The van der Waals surface area contributed by atoms with Gasteiger partial charge in [-0.3, -0.25) is 9.20 Å². The molecule has 0 aromatic carbocycles. The van der Waals surface area contributed by atoms with Crippen LogP contribution in [0.1, 0.15) is 22.3 Å². The summed E-state index contributed by atoms with van der Waals surface area (Å²) >= 11 is 4.79. The number of amides is 1. The fraction of sp³-hybridized carbons (Fsp3) is 0.188. The Hall–Kier alpha value is -2.03. The highest BCUT2D eigenvalue weighted by atomic mass is 32.1. The molecule has 1 atom stereocenters. The van der Waals surface area contributed by atoms with Crippen molar-refractivity contribution in [3.05, 3.63) is 62.4 Å². The van der Waals surface area contributed by atoms with Gasteiger partial charge < -0.3 is 5.32 Å². The number of rotatable bonds is 6. The molecule has 122 valence electrons. The highest BCUT2D eigenvalue weighted by molar-refractivity contribution is 7.15. The molecule has 0 saturated heterocycles. The molecule has 4 aromatic rings. The Kier molecular flexibility index (Phi) is 4.42. The number of carbonyl (C=O) groups is 1. The van der Waals surface area contributed by atoms with Crippen molar-refractivity contribution in [2.45, 2.75) is 18.9 Å². The molecule has 1 amide bonds. The average Bonchev–Trinajstić information content (AvgIpc) is 3.31. The van der Waals surface area contributed by atoms with E-state index in [0.717, 1.165) is 22.1 Å². The Morgan fingerprint density at radius 2 is 2.25 bits per heavy atom. The summed E-state index contributed by atoms with van der Waals surface area (Å²) in [6, 6.07) is 1.98. The van der Waals surface area contributed by atoms with E-state index in [4.69, 9.17) is 0 Å². The number of nitrogens with one attached hydrogen (secondary N) is 1. The fourth-order valence-electron chi connectivity index (χ4n) is 2.52. The van der Waals surface area contributed by atoms with E-state index in [-0.39, 0.29) is 18.4 Å². The SMILES string of the molecule is O=C(Cc1cn2ccsc2n1)N[C@H](Cc1ccsc1)c1nccs1. The Balaban J connectivity index is 1.47. The van der Waals surface area contributed by atoms with Crippen LogP contribution in [0.3, 0.4) is 0 Å². The largest absolute Gasteiger partial charge is 0.346 e. The Bertz CT molecular complexity index is 895. The van der Waals surface area contributed by atoms with Gasteiger partial charge in [0.15, 0.2) is 4.96 Å². The first-order chi connectivity index (χ1) is 11.8. The second kappa shape index (κ2) is 6.84. The van der Waals surface area contributed by atoms with E-state index >= 15 is 0 Å². The van der Waals surface area contributed by atoms with Crippen molar-refractivity contribution in [1.29, 1.82) is 0 Å². The lowest BCUT2D eigenvalue weighted by atomic mass is 10.1. The van der Waals surface area contributed by atoms with Gasteiger partial charge in [-0.1, -0.05) is 0 Å². The van der Waals surface area contributed by atoms with Crippen molar-refractivity contribution in [3.63, 3.8) is 0 Å². The van der Waals surface area contributed by atoms with Crippen LogP contribution in [0, 0.1) is 0 Å². The quantitative estimate of drug-likeness (QED) is 0.561. The van der Waals surface area contributed by atoms with Crippen molar-refractivity contribution in [2.24, 2.45) is 0 Å². The van der Waals surface area contributed by atoms with Gasteiger partial charge in [-0.15, -0.1) is 22.7 Å². The Morgan fingerprint density at radius 1 is 1.29 bits per heavy atom. The summed E-state index contributed by atoms with van der Waals surface area (Å²) in [5.74, 6) is -0.0313. The molecular formula is C16H14N4OS3. The first-order valence-electron chi connectivity index (χ1n) is 7.39. The third-order valence-electron chi connectivity index (χ3n) is 3.59. The molecule has 5 nitrogen and oxygen atoms in total. The van der Waals surface area contributed by atoms with Crippen molar-refractivity contribution >= 4 is 44.9 Å². The van der Waals surface area contributed by atoms with E-state index < -0.39 is 0 Å². The fourth-order valence-corrected chi connectivity index (χ4v) is 4.61. The van der Waals surface area contributed by atoms with Gasteiger partial charge in [-0.05, 0) is 22.4 Å². The summed E-state index contributed by atoms with van der Waals surface area (Å²) in [4.78, 5) is 22.2. The van der Waals surface area contributed by atoms with E-state index in [1.54, 1.807) is 40.2 Å². The predicted molar refractivity (Wildman–Crippen MR) is 97.8 cm³/mol. The molecule has 0 aliphatic carbocycles. The lowest BCUT2D eigenvalue weighted by molar-refractivity contribution is -0.121. The highest BCUT2D eigenvalue weighted by Crippen LogP contribution is 2.22. The molecule has 4 aromatic heterocycles. The first kappa shape index (κ1) is 15.5. The number of fused-ring (bicyclic) bond motifs is 1. The van der Waals surface area contributed by atoms with Gasteiger partial charge in [-0.2, -0.15) is 11.3 Å². The minimum absolute atomic E-state index is 0.0313. The van der Waals surface area contributed by atoms with Crippen LogP contribution in [-0.2, 0) is 17.6 Å². The van der Waals surface area contributed by atoms with Crippen molar-refractivity contribution in [2.75, 3.05) is 0 Å². The van der Waals surface area contributed by atoms with E-state index in [2.05, 4.69) is 26.7 Å². The van der Waals surface area contributed by atoms with Gasteiger partial charge in [0.2, 0.25) is 5.91 Å². The molecule has 0 radical (unpaired) electrons. The average molecular weight is 375 g/mol. The van der Waals surface area contributed by atoms with Crippen LogP contribution in [0.5, 0.6) is 0 Å². The van der Waals surface area contributed by atoms with Gasteiger partial charge in [0.1, 0.15) is 5.01 Å². The lowest BCUT2D eigenvalue weighted by Crippen LogP contribution is -2.31. The number of nitrogens with zero attached hydrogens (tertiary/aromatic N) is 3. The van der Waals surface area contributed by atoms with Gasteiger partial charge in [0.05, 0.1) is 18.2 Å². The maximum absolute atomic E-state index is 12.5. The first-order valence-corrected chi connectivity index (χ1v) is 10.1. The topological polar surface area (TPSA) is 59.3 Å². The van der Waals surface area contributed by atoms with Gasteiger partial charge in [-0.25, -0.2) is 9.97 Å². The maximum atomic E-state index is 12.5. The van der Waals surface area contributed by atoms with Crippen LogP contribution in [0.4, 0.5) is 0 Å². The molecule has 0 spiro atoms. The molecule has 1 N–H and O–H groups in total. The smallest absolute Gasteiger partial charge is 0.226 e. The van der Waals surface area contributed by atoms with Crippen molar-refractivity contribution in [3.8, 4) is 0 Å². The zero-order chi connectivity index (χ0) is 16.4. The van der Waals surface area contributed by atoms with Gasteiger partial charge >= 0.3 is 0 Å². The normalized spacial score (nSPS) is 12.5. The molecule has 0 saturated carbocycles. The van der Waals surface area contributed by atoms with E-state index in [0.29, 0.717) is 0 Å². The molecule has 0 aliphatic heterocycles. The van der Waals surface area contributed by atoms with Crippen LogP contribution in [0.2, 0.25) is 0 Å². The number of thiophene rings is 1. The van der Waals surface area contributed by atoms with Crippen LogP contribution in [0.25, 0.3) is 4.96 Å². The Labute approximate surface area is 150 Å². The summed E-state index contributed by atoms with van der Waals surface area (Å²) in [5, 5.41) is 12.1. The molecular weight excluding hydrogens is 360 g/mol. The number of carbonyl (C=O) groups excluding carboxylic acids is 1. The van der Waals surface area contributed by atoms with E-state index in [1.807, 2.05) is 32.9 Å². The summed E-state index contributed by atoms with van der Waals surface area (Å²) < 4.78 is 1.94. The molecule has 0 aliphatic rings. The lowest BCUT2D eigenvalue weighted by Gasteiger charge is -2.15. The third kappa shape index (κ3) is 3.40. The molecule has 0 unspecified atom stereocenters. The second-order valence-electron chi connectivity index (χ2n) is 5.33. The standard InChI is InChI=1S/C16H14N4OS3/c21-14(8-12-9-20-3-6-24-16(20)18-12)19-13(15-17-2-5-23-15)7-11-1-4-22-10-11/h1-6,9-10,13H,7-8H2,(H,19,21)/t13-/m1/s1. The Morgan fingerprint density at radius 3 is 3.00 bits per heavy atom. The summed E-state index contributed by atoms with van der Waals surface area (Å²) in [5.41, 5.74) is 2.00. The number of hydrogen-bond donors (Lipinski definition) is 1. The molecule has 4 rings (SSSR count). The van der Waals surface area contributed by atoms with Crippen LogP contribution >= 0.6 is 34.0 Å². The number of thiazole rings is 2. The van der Waals surface area contributed by atoms with Gasteiger partial charge in [0.25, 0.3) is 0 Å². The number of hydrogen-bond acceptors (Lipinski definition) is 6. The monoisotopic (exact) mass is 374 g/mol. The summed E-state index contributed by atoms with van der Waals surface area (Å²) in [7, 11) is 0. The summed E-state index contributed by atoms with van der Waals surface area (Å²) in [6.07, 6.45) is 6.66. The second-order valence-corrected chi connectivity index (χ2v) is 7.91. The van der Waals surface area contributed by atoms with E-state index in [1.165, 1.54) is 5.56 Å². The molecule has 4 heterocycles. The van der Waals surface area contributed by atoms with Crippen LogP contribution < -0.4 is 5.32 Å². The van der Waals surface area contributed by atoms with E-state index in [9.17, 15) is 4.79 Å². The van der Waals surface area contributed by atoms with Crippen LogP contribution in [-0.4, -0.2) is 20.3 Å². The zero-order valence-corrected chi connectivity index (χ0v) is 15.0. The zero-order valence-electron chi connectivity index (χ0n) is 12.6. The summed E-state index contributed by atoms with van der Waals surface area (Å²) in [6.45, 7) is 0. The minimum atomic E-state index is -0.101. The van der Waals surface area contributed by atoms with Crippen molar-refractivity contribution in [1.82, 2.24) is 19.7 Å². The molecule has 0 bridgehead atoms. The molecule has 24 heavy (non-hydrogen) atoms. The van der Waals surface area contributed by atoms with Crippen LogP contribution in [0.15, 0.2) is 46.2 Å². The molecule has 8 heteroatoms. The molecule has 0 fully saturated rings. The van der Waals surface area contributed by atoms with Crippen molar-refractivity contribution < 1.29 is 4.79 Å². The predicted octanol–water partition coefficient (Wildman–Crippen LogP) is 3.56. The highest BCUT2D eigenvalue weighted by Gasteiger charge is 2.19. The number of aromatic nitrogens is 3. The third-order valence-corrected chi connectivity index (χ3v) is 5.98. The minimum Gasteiger partial charge on any atom is -0.346 e.